The summed E-state index contributed by atoms with van der Waals surface area (Å²) in [6, 6.07) is 4.17. The first-order chi connectivity index (χ1) is 13.2. The molecule has 0 spiro atoms. The van der Waals surface area contributed by atoms with E-state index >= 15 is 0 Å². The molecule has 1 amide bonds. The number of benzene rings is 1. The number of hydrogen-bond donors (Lipinski definition) is 2. The molecule has 0 bridgehead atoms. The van der Waals surface area contributed by atoms with E-state index in [0.717, 1.165) is 57.1 Å². The zero-order chi connectivity index (χ0) is 19.1. The minimum atomic E-state index is 0. The molecule has 2 aliphatic rings. The third kappa shape index (κ3) is 7.52. The summed E-state index contributed by atoms with van der Waals surface area (Å²) in [5.41, 5.74) is 2.62. The van der Waals surface area contributed by atoms with Crippen molar-refractivity contribution in [3.8, 4) is 11.5 Å². The van der Waals surface area contributed by atoms with Crippen LogP contribution in [0, 0.1) is 5.92 Å². The van der Waals surface area contributed by atoms with Crippen molar-refractivity contribution >= 4 is 30.7 Å². The molecule has 8 heteroatoms. The number of methoxy groups -OCH3 is 2. The maximum absolute atomic E-state index is 12.1. The lowest BCUT2D eigenvalue weighted by molar-refractivity contribution is -0.121. The lowest BCUT2D eigenvalue weighted by Gasteiger charge is -2.29. The van der Waals surface area contributed by atoms with E-state index in [1.807, 2.05) is 0 Å². The summed E-state index contributed by atoms with van der Waals surface area (Å²) >= 11 is 0. The minimum absolute atomic E-state index is 0. The van der Waals surface area contributed by atoms with Crippen molar-refractivity contribution < 1.29 is 14.3 Å². The van der Waals surface area contributed by atoms with E-state index in [1.165, 1.54) is 24.0 Å². The molecular formula is C21H35Cl2N3O3. The largest absolute Gasteiger partial charge is 0.493 e. The van der Waals surface area contributed by atoms with Crippen molar-refractivity contribution in [1.29, 1.82) is 0 Å². The van der Waals surface area contributed by atoms with Gasteiger partial charge in [0.25, 0.3) is 0 Å². The molecular weight excluding hydrogens is 413 g/mol. The van der Waals surface area contributed by atoms with E-state index in [-0.39, 0.29) is 30.7 Å². The predicted octanol–water partition coefficient (Wildman–Crippen LogP) is 2.80. The quantitative estimate of drug-likeness (QED) is 0.641. The third-order valence-electron chi connectivity index (χ3n) is 5.79. The van der Waals surface area contributed by atoms with E-state index in [4.69, 9.17) is 9.47 Å². The third-order valence-corrected chi connectivity index (χ3v) is 5.79. The highest BCUT2D eigenvalue weighted by Gasteiger charge is 2.19. The predicted molar refractivity (Wildman–Crippen MR) is 121 cm³/mol. The maximum Gasteiger partial charge on any atom is 0.220 e. The Morgan fingerprint density at radius 3 is 2.45 bits per heavy atom. The van der Waals surface area contributed by atoms with Gasteiger partial charge in [0.2, 0.25) is 5.91 Å². The van der Waals surface area contributed by atoms with E-state index < -0.39 is 0 Å². The molecule has 0 aliphatic carbocycles. The SMILES string of the molecule is COc1cc2c(cc1OC)CN(CCNC(=O)CCC1CCNCC1)CC2.Cl.Cl. The van der Waals surface area contributed by atoms with Gasteiger partial charge in [-0.1, -0.05) is 0 Å². The summed E-state index contributed by atoms with van der Waals surface area (Å²) < 4.78 is 10.8. The number of hydrogen-bond acceptors (Lipinski definition) is 5. The van der Waals surface area contributed by atoms with Crippen LogP contribution in [0.4, 0.5) is 0 Å². The van der Waals surface area contributed by atoms with E-state index in [1.54, 1.807) is 14.2 Å². The number of amides is 1. The molecule has 2 aliphatic heterocycles. The first-order valence-electron chi connectivity index (χ1n) is 10.1. The molecule has 0 radical (unpaired) electrons. The Bertz CT molecular complexity index is 640. The molecule has 166 valence electrons. The topological polar surface area (TPSA) is 62.8 Å². The standard InChI is InChI=1S/C21H33N3O3.2ClH/c1-26-19-13-17-7-11-24(15-18(17)14-20(19)27-2)12-10-23-21(25)4-3-16-5-8-22-9-6-16;;/h13-14,16,22H,3-12,15H2,1-2H3,(H,23,25);2*1H. The van der Waals surface area contributed by atoms with Crippen LogP contribution in [0.3, 0.4) is 0 Å². The smallest absolute Gasteiger partial charge is 0.220 e. The van der Waals surface area contributed by atoms with Crippen LogP contribution in [0.15, 0.2) is 12.1 Å². The molecule has 29 heavy (non-hydrogen) atoms. The molecule has 1 aromatic rings. The number of carbonyl (C=O) groups is 1. The molecule has 0 saturated carbocycles. The number of ether oxygens (including phenoxy) is 2. The molecule has 1 aromatic carbocycles. The summed E-state index contributed by atoms with van der Waals surface area (Å²) in [4.78, 5) is 14.5. The second-order valence-corrected chi connectivity index (χ2v) is 7.58. The van der Waals surface area contributed by atoms with Gasteiger partial charge in [0.1, 0.15) is 0 Å². The maximum atomic E-state index is 12.1. The van der Waals surface area contributed by atoms with Crippen LogP contribution in [0.5, 0.6) is 11.5 Å². The van der Waals surface area contributed by atoms with Gasteiger partial charge < -0.3 is 20.1 Å². The van der Waals surface area contributed by atoms with Crippen LogP contribution < -0.4 is 20.1 Å². The molecule has 1 saturated heterocycles. The summed E-state index contributed by atoms with van der Waals surface area (Å²) in [6.07, 6.45) is 5.08. The van der Waals surface area contributed by atoms with Crippen molar-refractivity contribution in [3.05, 3.63) is 23.3 Å². The first-order valence-corrected chi connectivity index (χ1v) is 10.1. The fraction of sp³-hybridized carbons (Fsp3) is 0.667. The number of carbonyl (C=O) groups excluding carboxylic acids is 1. The average molecular weight is 448 g/mol. The molecule has 1 fully saturated rings. The molecule has 3 rings (SSSR count). The van der Waals surface area contributed by atoms with E-state index in [0.29, 0.717) is 18.9 Å². The second-order valence-electron chi connectivity index (χ2n) is 7.58. The van der Waals surface area contributed by atoms with Gasteiger partial charge in [-0.25, -0.2) is 0 Å². The van der Waals surface area contributed by atoms with Gasteiger partial charge in [0.15, 0.2) is 11.5 Å². The van der Waals surface area contributed by atoms with E-state index in [9.17, 15) is 4.79 Å². The lowest BCUT2D eigenvalue weighted by Crippen LogP contribution is -2.38. The van der Waals surface area contributed by atoms with E-state index in [2.05, 4.69) is 27.7 Å². The number of nitrogens with one attached hydrogen (secondary N) is 2. The van der Waals surface area contributed by atoms with Gasteiger partial charge in [-0.2, -0.15) is 0 Å². The highest BCUT2D eigenvalue weighted by molar-refractivity contribution is 5.85. The van der Waals surface area contributed by atoms with Crippen molar-refractivity contribution in [2.45, 2.75) is 38.6 Å². The number of fused-ring (bicyclic) bond motifs is 1. The molecule has 0 unspecified atom stereocenters. The Morgan fingerprint density at radius 2 is 1.79 bits per heavy atom. The second kappa shape index (κ2) is 13.2. The van der Waals surface area contributed by atoms with Crippen LogP contribution >= 0.6 is 24.8 Å². The Balaban J connectivity index is 0.00000210. The minimum Gasteiger partial charge on any atom is -0.493 e. The highest BCUT2D eigenvalue weighted by atomic mass is 35.5. The van der Waals surface area contributed by atoms with Crippen molar-refractivity contribution in [2.75, 3.05) is 46.9 Å². The summed E-state index contributed by atoms with van der Waals surface area (Å²) in [5, 5.41) is 6.47. The number of piperidine rings is 1. The van der Waals surface area contributed by atoms with Crippen LogP contribution in [0.25, 0.3) is 0 Å². The molecule has 0 aromatic heterocycles. The zero-order valence-electron chi connectivity index (χ0n) is 17.5. The van der Waals surface area contributed by atoms with Gasteiger partial charge in [-0.15, -0.1) is 24.8 Å². The first kappa shape index (κ1) is 25.8. The van der Waals surface area contributed by atoms with Crippen molar-refractivity contribution in [1.82, 2.24) is 15.5 Å². The monoisotopic (exact) mass is 447 g/mol. The Morgan fingerprint density at radius 1 is 1.14 bits per heavy atom. The fourth-order valence-electron chi connectivity index (χ4n) is 4.08. The Kier molecular flexibility index (Phi) is 11.7. The molecule has 2 N–H and O–H groups in total. The van der Waals surface area contributed by atoms with Crippen molar-refractivity contribution in [3.63, 3.8) is 0 Å². The molecule has 0 atom stereocenters. The summed E-state index contributed by atoms with van der Waals surface area (Å²) in [6.45, 7) is 5.69. The Hall–Kier alpha value is -1.21. The lowest BCUT2D eigenvalue weighted by atomic mass is 9.93. The van der Waals surface area contributed by atoms with Crippen LogP contribution in [0.1, 0.15) is 36.8 Å². The van der Waals surface area contributed by atoms with Gasteiger partial charge >= 0.3 is 0 Å². The van der Waals surface area contributed by atoms with Crippen LogP contribution in [0.2, 0.25) is 0 Å². The number of halogens is 2. The normalized spacial score (nSPS) is 16.8. The van der Waals surface area contributed by atoms with Crippen LogP contribution in [-0.4, -0.2) is 57.8 Å². The van der Waals surface area contributed by atoms with Crippen molar-refractivity contribution in [2.24, 2.45) is 5.92 Å². The molecule has 6 nitrogen and oxygen atoms in total. The number of rotatable bonds is 8. The average Bonchev–Trinajstić information content (AvgIpc) is 2.71. The van der Waals surface area contributed by atoms with Crippen LogP contribution in [-0.2, 0) is 17.8 Å². The summed E-state index contributed by atoms with van der Waals surface area (Å²) in [7, 11) is 3.34. The van der Waals surface area contributed by atoms with Gasteiger partial charge in [0.05, 0.1) is 14.2 Å². The fourth-order valence-corrected chi connectivity index (χ4v) is 4.08. The number of nitrogens with zero attached hydrogens (tertiary/aromatic N) is 1. The zero-order valence-corrected chi connectivity index (χ0v) is 19.1. The van der Waals surface area contributed by atoms with Gasteiger partial charge in [0, 0.05) is 32.6 Å². The Labute approximate surface area is 186 Å². The summed E-state index contributed by atoms with van der Waals surface area (Å²) in [5.74, 6) is 2.48. The molecule has 2 heterocycles. The van der Waals surface area contributed by atoms with Gasteiger partial charge in [-0.3, -0.25) is 9.69 Å². The van der Waals surface area contributed by atoms with Gasteiger partial charge in [-0.05, 0) is 68.0 Å². The highest BCUT2D eigenvalue weighted by Crippen LogP contribution is 2.33.